The Hall–Kier alpha value is -3.98. The summed E-state index contributed by atoms with van der Waals surface area (Å²) in [5, 5.41) is 11.8. The highest BCUT2D eigenvalue weighted by Crippen LogP contribution is 2.28. The summed E-state index contributed by atoms with van der Waals surface area (Å²) in [5.74, 6) is -1.12. The third-order valence-corrected chi connectivity index (χ3v) is 5.84. The van der Waals surface area contributed by atoms with Gasteiger partial charge in [0.1, 0.15) is 5.82 Å². The number of aromatic nitrogens is 3. The zero-order chi connectivity index (χ0) is 23.4. The van der Waals surface area contributed by atoms with Gasteiger partial charge in [-0.25, -0.2) is 4.39 Å². The molecule has 0 unspecified atom stereocenters. The number of carbonyl (C=O) groups is 2. The van der Waals surface area contributed by atoms with E-state index in [0.29, 0.717) is 11.0 Å². The van der Waals surface area contributed by atoms with E-state index in [1.807, 2.05) is 65.2 Å². The predicted octanol–water partition coefficient (Wildman–Crippen LogP) is 4.21. The number of halogens is 1. The molecular formula is C24H20FN5O2S. The maximum Gasteiger partial charge on any atom is 0.248 e. The van der Waals surface area contributed by atoms with E-state index < -0.39 is 11.7 Å². The van der Waals surface area contributed by atoms with Gasteiger partial charge in [0, 0.05) is 28.1 Å². The number of amides is 2. The van der Waals surface area contributed by atoms with E-state index in [1.54, 1.807) is 0 Å². The van der Waals surface area contributed by atoms with Crippen LogP contribution in [0.1, 0.15) is 15.9 Å². The van der Waals surface area contributed by atoms with E-state index >= 15 is 0 Å². The molecule has 4 rings (SSSR count). The van der Waals surface area contributed by atoms with Crippen LogP contribution in [0.15, 0.2) is 78.0 Å². The molecule has 0 aliphatic heterocycles. The molecule has 0 aliphatic rings. The van der Waals surface area contributed by atoms with Gasteiger partial charge in [-0.1, -0.05) is 60.3 Å². The highest BCUT2D eigenvalue weighted by atomic mass is 32.2. The fraction of sp³-hybridized carbons (Fsp3) is 0.0833. The normalized spacial score (nSPS) is 10.7. The SMILES string of the molecule is Cc1c(F)cc(C(N)=O)cc1NC(=O)CSc1nnc(-c2ccccc2)n1-c1ccccc1. The minimum atomic E-state index is -0.775. The lowest BCUT2D eigenvalue weighted by Gasteiger charge is -2.12. The summed E-state index contributed by atoms with van der Waals surface area (Å²) in [6, 6.07) is 21.6. The number of para-hydroxylation sites is 1. The van der Waals surface area contributed by atoms with Gasteiger partial charge in [-0.2, -0.15) is 0 Å². The highest BCUT2D eigenvalue weighted by Gasteiger charge is 2.18. The molecule has 0 bridgehead atoms. The largest absolute Gasteiger partial charge is 0.366 e. The zero-order valence-electron chi connectivity index (χ0n) is 17.7. The first-order chi connectivity index (χ1) is 15.9. The molecule has 7 nitrogen and oxygen atoms in total. The van der Waals surface area contributed by atoms with Gasteiger partial charge in [-0.3, -0.25) is 14.2 Å². The van der Waals surface area contributed by atoms with Crippen molar-refractivity contribution in [1.82, 2.24) is 14.8 Å². The molecule has 3 N–H and O–H groups in total. The molecular weight excluding hydrogens is 441 g/mol. The number of carbonyl (C=O) groups excluding carboxylic acids is 2. The lowest BCUT2D eigenvalue weighted by molar-refractivity contribution is -0.113. The molecule has 9 heteroatoms. The van der Waals surface area contributed by atoms with Crippen molar-refractivity contribution in [3.05, 3.63) is 89.7 Å². The van der Waals surface area contributed by atoms with E-state index in [9.17, 15) is 14.0 Å². The van der Waals surface area contributed by atoms with Gasteiger partial charge in [-0.15, -0.1) is 10.2 Å². The predicted molar refractivity (Wildman–Crippen MR) is 126 cm³/mol. The molecule has 3 aromatic carbocycles. The summed E-state index contributed by atoms with van der Waals surface area (Å²) < 4.78 is 16.0. The Kier molecular flexibility index (Phi) is 6.50. The molecule has 166 valence electrons. The monoisotopic (exact) mass is 461 g/mol. The van der Waals surface area contributed by atoms with Crippen molar-refractivity contribution in [3.63, 3.8) is 0 Å². The van der Waals surface area contributed by atoms with Crippen LogP contribution in [0.3, 0.4) is 0 Å². The van der Waals surface area contributed by atoms with Crippen LogP contribution in [0.5, 0.6) is 0 Å². The van der Waals surface area contributed by atoms with Crippen molar-refractivity contribution in [1.29, 1.82) is 0 Å². The van der Waals surface area contributed by atoms with Crippen LogP contribution in [0, 0.1) is 12.7 Å². The summed E-state index contributed by atoms with van der Waals surface area (Å²) in [7, 11) is 0. The third kappa shape index (κ3) is 4.93. The summed E-state index contributed by atoms with van der Waals surface area (Å²) in [6.07, 6.45) is 0. The van der Waals surface area contributed by atoms with E-state index in [4.69, 9.17) is 5.73 Å². The maximum absolute atomic E-state index is 14.1. The Morgan fingerprint density at radius 1 is 1.03 bits per heavy atom. The average molecular weight is 462 g/mol. The fourth-order valence-electron chi connectivity index (χ4n) is 3.21. The van der Waals surface area contributed by atoms with Crippen molar-refractivity contribution in [2.24, 2.45) is 5.73 Å². The van der Waals surface area contributed by atoms with E-state index in [1.165, 1.54) is 24.8 Å². The zero-order valence-corrected chi connectivity index (χ0v) is 18.5. The molecule has 0 atom stereocenters. The second kappa shape index (κ2) is 9.66. The molecule has 0 aliphatic carbocycles. The number of benzene rings is 3. The molecule has 1 heterocycles. The average Bonchev–Trinajstić information content (AvgIpc) is 3.25. The number of primary amides is 1. The lowest BCUT2D eigenvalue weighted by atomic mass is 10.1. The number of anilines is 1. The van der Waals surface area contributed by atoms with Crippen molar-refractivity contribution in [3.8, 4) is 17.1 Å². The van der Waals surface area contributed by atoms with Gasteiger partial charge >= 0.3 is 0 Å². The molecule has 0 saturated heterocycles. The van der Waals surface area contributed by atoms with Crippen molar-refractivity contribution >= 4 is 29.3 Å². The second-order valence-electron chi connectivity index (χ2n) is 7.17. The Morgan fingerprint density at radius 2 is 1.70 bits per heavy atom. The van der Waals surface area contributed by atoms with Gasteiger partial charge < -0.3 is 11.1 Å². The Labute approximate surface area is 193 Å². The molecule has 33 heavy (non-hydrogen) atoms. The molecule has 0 spiro atoms. The number of hydrogen-bond donors (Lipinski definition) is 2. The molecule has 0 saturated carbocycles. The lowest BCUT2D eigenvalue weighted by Crippen LogP contribution is -2.18. The van der Waals surface area contributed by atoms with E-state index in [2.05, 4.69) is 15.5 Å². The van der Waals surface area contributed by atoms with Gasteiger partial charge in [0.25, 0.3) is 0 Å². The molecule has 4 aromatic rings. The molecule has 0 radical (unpaired) electrons. The van der Waals surface area contributed by atoms with Crippen LogP contribution in [-0.4, -0.2) is 32.3 Å². The third-order valence-electron chi connectivity index (χ3n) is 4.92. The Balaban J connectivity index is 1.58. The number of nitrogens with two attached hydrogens (primary N) is 1. The number of rotatable bonds is 7. The highest BCUT2D eigenvalue weighted by molar-refractivity contribution is 7.99. The first kappa shape index (κ1) is 22.2. The number of thioether (sulfide) groups is 1. The first-order valence-corrected chi connectivity index (χ1v) is 11.0. The number of hydrogen-bond acceptors (Lipinski definition) is 5. The first-order valence-electron chi connectivity index (χ1n) is 10.0. The summed E-state index contributed by atoms with van der Waals surface area (Å²) in [5.41, 5.74) is 7.40. The Bertz CT molecular complexity index is 1310. The number of nitrogens with one attached hydrogen (secondary N) is 1. The van der Waals surface area contributed by atoms with E-state index in [0.717, 1.165) is 17.3 Å². The fourth-order valence-corrected chi connectivity index (χ4v) is 3.97. The van der Waals surface area contributed by atoms with Gasteiger partial charge in [0.2, 0.25) is 11.8 Å². The van der Waals surface area contributed by atoms with Crippen molar-refractivity contribution in [2.45, 2.75) is 12.1 Å². The van der Waals surface area contributed by atoms with E-state index in [-0.39, 0.29) is 28.5 Å². The molecule has 2 amide bonds. The van der Waals surface area contributed by atoms with Crippen molar-refractivity contribution in [2.75, 3.05) is 11.1 Å². The maximum atomic E-state index is 14.1. The quantitative estimate of drug-likeness (QED) is 0.401. The summed E-state index contributed by atoms with van der Waals surface area (Å²) in [6.45, 7) is 1.51. The summed E-state index contributed by atoms with van der Waals surface area (Å²) in [4.78, 5) is 24.1. The topological polar surface area (TPSA) is 103 Å². The minimum Gasteiger partial charge on any atom is -0.366 e. The van der Waals surface area contributed by atoms with Crippen LogP contribution < -0.4 is 11.1 Å². The van der Waals surface area contributed by atoms with Crippen LogP contribution in [-0.2, 0) is 4.79 Å². The smallest absolute Gasteiger partial charge is 0.248 e. The molecule has 1 aromatic heterocycles. The number of nitrogens with zero attached hydrogens (tertiary/aromatic N) is 3. The van der Waals surface area contributed by atoms with Crippen molar-refractivity contribution < 1.29 is 14.0 Å². The van der Waals surface area contributed by atoms with Crippen LogP contribution in [0.4, 0.5) is 10.1 Å². The minimum absolute atomic E-state index is 0.00160. The van der Waals surface area contributed by atoms with Crippen LogP contribution >= 0.6 is 11.8 Å². The summed E-state index contributed by atoms with van der Waals surface area (Å²) >= 11 is 1.20. The second-order valence-corrected chi connectivity index (χ2v) is 8.12. The molecule has 0 fully saturated rings. The standard InChI is InChI=1S/C24H20FN5O2S/c1-15-19(25)12-17(22(26)32)13-20(15)27-21(31)14-33-24-29-28-23(16-8-4-2-5-9-16)30(24)18-10-6-3-7-11-18/h2-13H,14H2,1H3,(H2,26,32)(H,27,31). The Morgan fingerprint density at radius 3 is 2.36 bits per heavy atom. The van der Waals surface area contributed by atoms with Gasteiger partial charge in [0.15, 0.2) is 11.0 Å². The van der Waals surface area contributed by atoms with Crippen LogP contribution in [0.2, 0.25) is 0 Å². The van der Waals surface area contributed by atoms with Gasteiger partial charge in [0.05, 0.1) is 5.75 Å². The van der Waals surface area contributed by atoms with Crippen LogP contribution in [0.25, 0.3) is 17.1 Å². The van der Waals surface area contributed by atoms with Gasteiger partial charge in [-0.05, 0) is 31.2 Å².